The summed E-state index contributed by atoms with van der Waals surface area (Å²) < 4.78 is 6.55. The number of rotatable bonds is 6. The monoisotopic (exact) mass is 374 g/mol. The van der Waals surface area contributed by atoms with Gasteiger partial charge in [0.05, 0.1) is 5.39 Å². The second-order valence-corrected chi connectivity index (χ2v) is 5.86. The largest absolute Gasteiger partial charge is 0.452 e. The number of urea groups is 1. The highest BCUT2D eigenvalue weighted by Crippen LogP contribution is 2.11. The van der Waals surface area contributed by atoms with E-state index in [0.717, 1.165) is 12.1 Å². The first-order valence-electron chi connectivity index (χ1n) is 8.63. The van der Waals surface area contributed by atoms with E-state index in [4.69, 9.17) is 4.74 Å². The number of carbonyl (C=O) groups is 3. The number of imide groups is 1. The molecule has 0 unspecified atom stereocenters. The molecule has 27 heavy (non-hydrogen) atoms. The van der Waals surface area contributed by atoms with Crippen LogP contribution in [-0.2, 0) is 16.1 Å². The molecular weight excluding hydrogens is 352 g/mol. The Morgan fingerprint density at radius 1 is 1.22 bits per heavy atom. The molecule has 9 heteroatoms. The molecule has 9 nitrogen and oxygen atoms in total. The van der Waals surface area contributed by atoms with E-state index in [0.29, 0.717) is 24.1 Å². The van der Waals surface area contributed by atoms with Gasteiger partial charge in [0.1, 0.15) is 11.2 Å². The highest BCUT2D eigenvalue weighted by atomic mass is 16.5. The fourth-order valence-corrected chi connectivity index (χ4v) is 2.40. The van der Waals surface area contributed by atoms with Crippen LogP contribution in [0.2, 0.25) is 0 Å². The minimum atomic E-state index is -0.936. The summed E-state index contributed by atoms with van der Waals surface area (Å²) in [5.41, 5.74) is 0.508. The minimum absolute atomic E-state index is 0.196. The summed E-state index contributed by atoms with van der Waals surface area (Å²) >= 11 is 0. The van der Waals surface area contributed by atoms with Gasteiger partial charge in [0.25, 0.3) is 5.91 Å². The number of ether oxygens (including phenoxy) is 1. The summed E-state index contributed by atoms with van der Waals surface area (Å²) in [7, 11) is 0. The van der Waals surface area contributed by atoms with Crippen molar-refractivity contribution in [3.05, 3.63) is 39.8 Å². The average molecular weight is 374 g/mol. The van der Waals surface area contributed by atoms with Crippen LogP contribution in [0.15, 0.2) is 23.1 Å². The van der Waals surface area contributed by atoms with Crippen LogP contribution in [0.5, 0.6) is 0 Å². The second kappa shape index (κ2) is 8.93. The van der Waals surface area contributed by atoms with Crippen LogP contribution in [0.1, 0.15) is 36.3 Å². The molecule has 2 heterocycles. The molecule has 0 fully saturated rings. The van der Waals surface area contributed by atoms with Gasteiger partial charge in [-0.1, -0.05) is 6.92 Å². The van der Waals surface area contributed by atoms with Crippen molar-refractivity contribution in [3.8, 4) is 0 Å². The van der Waals surface area contributed by atoms with E-state index in [1.807, 2.05) is 19.2 Å². The van der Waals surface area contributed by atoms with E-state index in [-0.39, 0.29) is 5.56 Å². The van der Waals surface area contributed by atoms with E-state index in [9.17, 15) is 19.2 Å². The van der Waals surface area contributed by atoms with Crippen molar-refractivity contribution in [3.63, 3.8) is 0 Å². The number of carbonyl (C=O) groups excluding carboxylic acids is 3. The van der Waals surface area contributed by atoms with Crippen molar-refractivity contribution in [2.45, 2.75) is 33.7 Å². The van der Waals surface area contributed by atoms with Gasteiger partial charge in [0, 0.05) is 25.0 Å². The Hall–Kier alpha value is -3.23. The number of amides is 3. The number of nitrogens with zero attached hydrogens (tertiary/aromatic N) is 2. The van der Waals surface area contributed by atoms with Gasteiger partial charge in [-0.25, -0.2) is 14.6 Å². The maximum absolute atomic E-state index is 12.6. The number of pyridine rings is 2. The van der Waals surface area contributed by atoms with Crippen LogP contribution in [0.3, 0.4) is 0 Å². The van der Waals surface area contributed by atoms with E-state index in [1.54, 1.807) is 23.6 Å². The van der Waals surface area contributed by atoms with Crippen molar-refractivity contribution in [1.29, 1.82) is 0 Å². The zero-order valence-corrected chi connectivity index (χ0v) is 15.5. The van der Waals surface area contributed by atoms with E-state index in [1.165, 1.54) is 6.20 Å². The van der Waals surface area contributed by atoms with Gasteiger partial charge in [0.15, 0.2) is 6.61 Å². The summed E-state index contributed by atoms with van der Waals surface area (Å²) in [6.07, 6.45) is 2.09. The summed E-state index contributed by atoms with van der Waals surface area (Å²) in [5.74, 6) is -1.72. The van der Waals surface area contributed by atoms with Crippen molar-refractivity contribution >= 4 is 28.9 Å². The van der Waals surface area contributed by atoms with E-state index in [2.05, 4.69) is 10.3 Å². The summed E-state index contributed by atoms with van der Waals surface area (Å²) in [6, 6.07) is 2.62. The summed E-state index contributed by atoms with van der Waals surface area (Å²) in [5, 5.41) is 4.79. The molecule has 0 spiro atoms. The molecule has 2 N–H and O–H groups in total. The summed E-state index contributed by atoms with van der Waals surface area (Å²) in [6.45, 7) is 5.76. The topological polar surface area (TPSA) is 119 Å². The number of hydrogen-bond donors (Lipinski definition) is 2. The zero-order valence-electron chi connectivity index (χ0n) is 15.5. The second-order valence-electron chi connectivity index (χ2n) is 5.86. The third-order valence-electron chi connectivity index (χ3n) is 3.74. The Kier molecular flexibility index (Phi) is 6.64. The van der Waals surface area contributed by atoms with E-state index < -0.39 is 29.9 Å². The third-order valence-corrected chi connectivity index (χ3v) is 3.74. The molecule has 0 radical (unpaired) electrons. The van der Waals surface area contributed by atoms with Gasteiger partial charge in [-0.05, 0) is 32.4 Å². The van der Waals surface area contributed by atoms with Crippen molar-refractivity contribution in [2.75, 3.05) is 13.2 Å². The highest BCUT2D eigenvalue weighted by Gasteiger charge is 2.19. The van der Waals surface area contributed by atoms with Gasteiger partial charge < -0.3 is 14.6 Å². The third kappa shape index (κ3) is 4.90. The Bertz CT molecular complexity index is 935. The molecule has 0 bridgehead atoms. The van der Waals surface area contributed by atoms with Gasteiger partial charge in [-0.2, -0.15) is 0 Å². The first-order valence-corrected chi connectivity index (χ1v) is 8.63. The number of aryl methyl sites for hydroxylation is 2. The molecule has 3 amide bonds. The van der Waals surface area contributed by atoms with Crippen LogP contribution in [0.4, 0.5) is 4.79 Å². The smallest absolute Gasteiger partial charge is 0.344 e. The Morgan fingerprint density at radius 2 is 1.96 bits per heavy atom. The lowest BCUT2D eigenvalue weighted by Crippen LogP contribution is -2.41. The molecule has 0 aliphatic heterocycles. The van der Waals surface area contributed by atoms with Gasteiger partial charge in [-0.3, -0.25) is 14.9 Å². The van der Waals surface area contributed by atoms with Crippen molar-refractivity contribution in [1.82, 2.24) is 20.2 Å². The average Bonchev–Trinajstić information content (AvgIpc) is 2.64. The standard InChI is InChI=1S/C18H22N4O5/c1-4-8-19-18(26)21-14(23)10-27-17(25)13-9-22(5-2)16-12(15(13)24)7-6-11(3)20-16/h6-7,9H,4-5,8,10H2,1-3H3,(H2,19,21,23,26). The lowest BCUT2D eigenvalue weighted by atomic mass is 10.2. The molecule has 0 aliphatic rings. The van der Waals surface area contributed by atoms with E-state index >= 15 is 0 Å². The molecule has 0 atom stereocenters. The van der Waals surface area contributed by atoms with Crippen molar-refractivity contribution < 1.29 is 19.1 Å². The Morgan fingerprint density at radius 3 is 2.63 bits per heavy atom. The Labute approximate surface area is 155 Å². The van der Waals surface area contributed by atoms with Crippen LogP contribution >= 0.6 is 0 Å². The molecule has 144 valence electrons. The fourth-order valence-electron chi connectivity index (χ4n) is 2.40. The van der Waals surface area contributed by atoms with Gasteiger partial charge in [0.2, 0.25) is 5.43 Å². The first kappa shape index (κ1) is 20.1. The molecule has 0 aliphatic carbocycles. The predicted octanol–water partition coefficient (Wildman–Crippen LogP) is 1.12. The molecule has 2 aromatic rings. The highest BCUT2D eigenvalue weighted by molar-refractivity contribution is 5.97. The molecule has 0 saturated heterocycles. The zero-order chi connectivity index (χ0) is 20.0. The number of nitrogens with one attached hydrogen (secondary N) is 2. The lowest BCUT2D eigenvalue weighted by Gasteiger charge is -2.11. The van der Waals surface area contributed by atoms with Crippen LogP contribution < -0.4 is 16.1 Å². The van der Waals surface area contributed by atoms with Crippen molar-refractivity contribution in [2.24, 2.45) is 0 Å². The Balaban J connectivity index is 2.15. The minimum Gasteiger partial charge on any atom is -0.452 e. The maximum atomic E-state index is 12.6. The molecule has 2 rings (SSSR count). The molecule has 2 aromatic heterocycles. The normalized spacial score (nSPS) is 10.5. The fraction of sp³-hybridized carbons (Fsp3) is 0.389. The first-order chi connectivity index (χ1) is 12.9. The number of aromatic nitrogens is 2. The molecule has 0 saturated carbocycles. The van der Waals surface area contributed by atoms with Gasteiger partial charge >= 0.3 is 12.0 Å². The predicted molar refractivity (Wildman–Crippen MR) is 98.5 cm³/mol. The van der Waals surface area contributed by atoms with Crippen LogP contribution in [0.25, 0.3) is 11.0 Å². The maximum Gasteiger partial charge on any atom is 0.344 e. The van der Waals surface area contributed by atoms with Crippen LogP contribution in [0, 0.1) is 6.92 Å². The number of hydrogen-bond acceptors (Lipinski definition) is 6. The quantitative estimate of drug-likeness (QED) is 0.731. The number of fused-ring (bicyclic) bond motifs is 1. The number of esters is 1. The van der Waals surface area contributed by atoms with Crippen LogP contribution in [-0.4, -0.2) is 40.6 Å². The molecule has 0 aromatic carbocycles. The summed E-state index contributed by atoms with van der Waals surface area (Å²) in [4.78, 5) is 52.2. The van der Waals surface area contributed by atoms with Gasteiger partial charge in [-0.15, -0.1) is 0 Å². The SMILES string of the molecule is CCCNC(=O)NC(=O)COC(=O)c1cn(CC)c2nc(C)ccc2c1=O. The molecular formula is C18H22N4O5. The lowest BCUT2D eigenvalue weighted by molar-refractivity contribution is -0.123.